The highest BCUT2D eigenvalue weighted by molar-refractivity contribution is 7.89. The monoisotopic (exact) mass is 388 g/mol. The van der Waals surface area contributed by atoms with Crippen molar-refractivity contribution in [3.05, 3.63) is 34.9 Å². The zero-order valence-corrected chi connectivity index (χ0v) is 16.0. The predicted molar refractivity (Wildman–Crippen MR) is 98.1 cm³/mol. The number of amides is 1. The molecule has 1 aliphatic heterocycles. The smallest absolute Gasteiger partial charge is 0.224 e. The molecule has 1 amide bonds. The quantitative estimate of drug-likeness (QED) is 0.735. The number of piperidine rings is 1. The molecule has 0 bridgehead atoms. The first-order valence-corrected chi connectivity index (χ1v) is 10.4. The number of carbonyl (C=O) groups excluding carboxylic acids is 1. The van der Waals surface area contributed by atoms with Crippen LogP contribution in [-0.2, 0) is 26.0 Å². The largest absolute Gasteiger partial charge is 0.384 e. The van der Waals surface area contributed by atoms with E-state index in [2.05, 4.69) is 5.32 Å². The Labute approximate surface area is 154 Å². The van der Waals surface area contributed by atoms with Crippen LogP contribution in [-0.4, -0.2) is 57.7 Å². The average Bonchev–Trinajstić information content (AvgIpc) is 2.60. The first kappa shape index (κ1) is 20.2. The summed E-state index contributed by atoms with van der Waals surface area (Å²) in [4.78, 5) is 12.4. The number of carbonyl (C=O) groups is 1. The maximum atomic E-state index is 12.4. The third kappa shape index (κ3) is 6.26. The SMILES string of the molecule is COCCS(=O)(=O)N1CCCC(C(=O)NCCc2cccc(Cl)c2)C1. The maximum Gasteiger partial charge on any atom is 0.224 e. The maximum absolute atomic E-state index is 12.4. The standard InChI is InChI=1S/C17H25ClN2O4S/c1-24-10-11-25(22,23)20-9-3-5-15(13-20)17(21)19-8-7-14-4-2-6-16(18)12-14/h2,4,6,12,15H,3,5,7-11,13H2,1H3,(H,19,21). The second-order valence-corrected chi connectivity index (χ2v) is 8.70. The number of hydrogen-bond acceptors (Lipinski definition) is 4. The molecule has 25 heavy (non-hydrogen) atoms. The number of sulfonamides is 1. The fourth-order valence-electron chi connectivity index (χ4n) is 2.89. The van der Waals surface area contributed by atoms with Crippen molar-refractivity contribution >= 4 is 27.5 Å². The Morgan fingerprint density at radius 1 is 1.44 bits per heavy atom. The van der Waals surface area contributed by atoms with Gasteiger partial charge in [-0.3, -0.25) is 4.79 Å². The topological polar surface area (TPSA) is 75.7 Å². The van der Waals surface area contributed by atoms with Crippen molar-refractivity contribution in [2.45, 2.75) is 19.3 Å². The van der Waals surface area contributed by atoms with Crippen LogP contribution in [0.4, 0.5) is 0 Å². The number of halogens is 1. The van der Waals surface area contributed by atoms with Gasteiger partial charge in [-0.05, 0) is 37.0 Å². The van der Waals surface area contributed by atoms with E-state index >= 15 is 0 Å². The zero-order valence-electron chi connectivity index (χ0n) is 14.4. The van der Waals surface area contributed by atoms with Crippen molar-refractivity contribution in [3.63, 3.8) is 0 Å². The van der Waals surface area contributed by atoms with Gasteiger partial charge in [-0.2, -0.15) is 0 Å². The van der Waals surface area contributed by atoms with Crippen molar-refractivity contribution in [3.8, 4) is 0 Å². The van der Waals surface area contributed by atoms with Gasteiger partial charge in [0, 0.05) is 31.8 Å². The molecule has 0 spiro atoms. The number of rotatable bonds is 8. The first-order chi connectivity index (χ1) is 11.9. The van der Waals surface area contributed by atoms with Gasteiger partial charge in [0.25, 0.3) is 0 Å². The summed E-state index contributed by atoms with van der Waals surface area (Å²) in [5, 5.41) is 3.58. The lowest BCUT2D eigenvalue weighted by Gasteiger charge is -2.31. The van der Waals surface area contributed by atoms with E-state index in [4.69, 9.17) is 16.3 Å². The van der Waals surface area contributed by atoms with Crippen molar-refractivity contribution in [2.75, 3.05) is 39.1 Å². The molecule has 0 aromatic heterocycles. The lowest BCUT2D eigenvalue weighted by Crippen LogP contribution is -2.46. The molecule has 6 nitrogen and oxygen atoms in total. The predicted octanol–water partition coefficient (Wildman–Crippen LogP) is 1.69. The molecule has 0 aliphatic carbocycles. The van der Waals surface area contributed by atoms with Gasteiger partial charge in [-0.1, -0.05) is 23.7 Å². The summed E-state index contributed by atoms with van der Waals surface area (Å²) in [5.74, 6) is -0.439. The molecule has 1 unspecified atom stereocenters. The van der Waals surface area contributed by atoms with Crippen LogP contribution in [0.1, 0.15) is 18.4 Å². The van der Waals surface area contributed by atoms with E-state index in [0.29, 0.717) is 37.4 Å². The van der Waals surface area contributed by atoms with Crippen LogP contribution >= 0.6 is 11.6 Å². The Bertz CT molecular complexity index is 681. The third-order valence-electron chi connectivity index (χ3n) is 4.30. The molecule has 0 saturated carbocycles. The molecule has 1 aromatic rings. The molecule has 1 heterocycles. The summed E-state index contributed by atoms with van der Waals surface area (Å²) in [5.41, 5.74) is 1.06. The Morgan fingerprint density at radius 2 is 2.24 bits per heavy atom. The summed E-state index contributed by atoms with van der Waals surface area (Å²) in [6.07, 6.45) is 2.09. The molecule has 8 heteroatoms. The Balaban J connectivity index is 1.83. The van der Waals surface area contributed by atoms with Crippen LogP contribution in [0, 0.1) is 5.92 Å². The number of benzene rings is 1. The Kier molecular flexibility index (Phi) is 7.68. The number of methoxy groups -OCH3 is 1. The van der Waals surface area contributed by atoms with Gasteiger partial charge in [0.1, 0.15) is 0 Å². The van der Waals surface area contributed by atoms with E-state index in [1.165, 1.54) is 11.4 Å². The van der Waals surface area contributed by atoms with Gasteiger partial charge in [0.15, 0.2) is 0 Å². The highest BCUT2D eigenvalue weighted by Crippen LogP contribution is 2.20. The van der Waals surface area contributed by atoms with Gasteiger partial charge in [0.2, 0.25) is 15.9 Å². The van der Waals surface area contributed by atoms with E-state index in [1.54, 1.807) is 0 Å². The summed E-state index contributed by atoms with van der Waals surface area (Å²) in [7, 11) is -1.89. The van der Waals surface area contributed by atoms with Crippen LogP contribution in [0.25, 0.3) is 0 Å². The second kappa shape index (κ2) is 9.52. The summed E-state index contributed by atoms with van der Waals surface area (Å²) in [6.45, 7) is 1.38. The van der Waals surface area contributed by atoms with Gasteiger partial charge in [-0.15, -0.1) is 0 Å². The molecule has 140 valence electrons. The van der Waals surface area contributed by atoms with Gasteiger partial charge < -0.3 is 10.1 Å². The van der Waals surface area contributed by atoms with Gasteiger partial charge >= 0.3 is 0 Å². The van der Waals surface area contributed by atoms with Gasteiger partial charge in [-0.25, -0.2) is 12.7 Å². The van der Waals surface area contributed by atoms with Crippen molar-refractivity contribution < 1.29 is 17.9 Å². The molecule has 1 fully saturated rings. The summed E-state index contributed by atoms with van der Waals surface area (Å²) < 4.78 is 30.8. The molecule has 0 radical (unpaired) electrons. The highest BCUT2D eigenvalue weighted by atomic mass is 35.5. The Morgan fingerprint density at radius 3 is 2.96 bits per heavy atom. The molecule has 1 atom stereocenters. The van der Waals surface area contributed by atoms with E-state index in [9.17, 15) is 13.2 Å². The first-order valence-electron chi connectivity index (χ1n) is 8.41. The van der Waals surface area contributed by atoms with Crippen LogP contribution in [0.2, 0.25) is 5.02 Å². The fourth-order valence-corrected chi connectivity index (χ4v) is 4.56. The van der Waals surface area contributed by atoms with Crippen LogP contribution in [0.3, 0.4) is 0 Å². The van der Waals surface area contributed by atoms with E-state index in [-0.39, 0.29) is 30.7 Å². The third-order valence-corrected chi connectivity index (χ3v) is 6.33. The molecule has 1 N–H and O–H groups in total. The number of hydrogen-bond donors (Lipinski definition) is 1. The van der Waals surface area contributed by atoms with Crippen molar-refractivity contribution in [1.29, 1.82) is 0 Å². The zero-order chi connectivity index (χ0) is 18.3. The van der Waals surface area contributed by atoms with Crippen LogP contribution < -0.4 is 5.32 Å². The minimum atomic E-state index is -3.37. The number of ether oxygens (including phenoxy) is 1. The summed E-state index contributed by atoms with van der Waals surface area (Å²) >= 11 is 5.94. The fraction of sp³-hybridized carbons (Fsp3) is 0.588. The van der Waals surface area contributed by atoms with E-state index in [0.717, 1.165) is 5.56 Å². The Hall–Kier alpha value is -1.15. The molecule has 2 rings (SSSR count). The minimum absolute atomic E-state index is 0.0490. The molecular weight excluding hydrogens is 364 g/mol. The highest BCUT2D eigenvalue weighted by Gasteiger charge is 2.31. The number of nitrogens with zero attached hydrogens (tertiary/aromatic N) is 1. The minimum Gasteiger partial charge on any atom is -0.384 e. The van der Waals surface area contributed by atoms with E-state index in [1.807, 2.05) is 24.3 Å². The lowest BCUT2D eigenvalue weighted by atomic mass is 9.99. The second-order valence-electron chi connectivity index (χ2n) is 6.18. The molecular formula is C17H25ClN2O4S. The normalized spacial score (nSPS) is 18.9. The van der Waals surface area contributed by atoms with Crippen LogP contribution in [0.15, 0.2) is 24.3 Å². The summed E-state index contributed by atoms with van der Waals surface area (Å²) in [6, 6.07) is 7.52. The lowest BCUT2D eigenvalue weighted by molar-refractivity contribution is -0.126. The van der Waals surface area contributed by atoms with Crippen LogP contribution in [0.5, 0.6) is 0 Å². The molecule has 1 saturated heterocycles. The van der Waals surface area contributed by atoms with Crippen molar-refractivity contribution in [2.24, 2.45) is 5.92 Å². The average molecular weight is 389 g/mol. The number of nitrogens with one attached hydrogen (secondary N) is 1. The van der Waals surface area contributed by atoms with Crippen molar-refractivity contribution in [1.82, 2.24) is 9.62 Å². The van der Waals surface area contributed by atoms with Gasteiger partial charge in [0.05, 0.1) is 18.3 Å². The molecule has 1 aromatic carbocycles. The van der Waals surface area contributed by atoms with E-state index < -0.39 is 10.0 Å². The molecule has 1 aliphatic rings.